The molecule has 1 atom stereocenters. The zero-order valence-corrected chi connectivity index (χ0v) is 14.2. The maximum absolute atomic E-state index is 11.4. The molecule has 130 valence electrons. The van der Waals surface area contributed by atoms with Crippen LogP contribution in [0.2, 0.25) is 0 Å². The van der Waals surface area contributed by atoms with Crippen LogP contribution in [0.4, 0.5) is 5.69 Å². The molecule has 1 saturated heterocycles. The summed E-state index contributed by atoms with van der Waals surface area (Å²) in [6, 6.07) is 5.47. The second-order valence-corrected chi connectivity index (χ2v) is 6.94. The molecule has 1 aliphatic carbocycles. The van der Waals surface area contributed by atoms with E-state index in [2.05, 4.69) is 5.32 Å². The van der Waals surface area contributed by atoms with E-state index < -0.39 is 0 Å². The fourth-order valence-electron chi connectivity index (χ4n) is 3.87. The zero-order valence-electron chi connectivity index (χ0n) is 14.2. The maximum Gasteiger partial charge on any atom is 0.269 e. The van der Waals surface area contributed by atoms with E-state index in [1.165, 1.54) is 5.56 Å². The van der Waals surface area contributed by atoms with Gasteiger partial charge in [0.1, 0.15) is 0 Å². The van der Waals surface area contributed by atoms with Crippen LogP contribution in [-0.4, -0.2) is 35.4 Å². The van der Waals surface area contributed by atoms with E-state index in [9.17, 15) is 14.9 Å². The van der Waals surface area contributed by atoms with E-state index >= 15 is 0 Å². The predicted octanol–water partition coefficient (Wildman–Crippen LogP) is 2.82. The van der Waals surface area contributed by atoms with Gasteiger partial charge in [0.25, 0.3) is 5.69 Å². The van der Waals surface area contributed by atoms with Gasteiger partial charge in [0, 0.05) is 38.2 Å². The first-order chi connectivity index (χ1) is 11.5. The standard InChI is InChI=1S/C18H25N3O3/c1-13(22)20-9-7-14(8-10-20)12-19-18-4-2-3-15-5-6-16(21(23)24)11-17(15)18/h5-6,11,14,18-19H,2-4,7-10,12H2,1H3/t18-/m0/s1. The lowest BCUT2D eigenvalue weighted by Gasteiger charge is -2.33. The number of hydrogen-bond acceptors (Lipinski definition) is 4. The van der Waals surface area contributed by atoms with Crippen LogP contribution in [0.1, 0.15) is 49.8 Å². The summed E-state index contributed by atoms with van der Waals surface area (Å²) in [6.45, 7) is 4.23. The van der Waals surface area contributed by atoms with Crippen molar-refractivity contribution in [1.29, 1.82) is 0 Å². The normalized spacial score (nSPS) is 21.4. The number of nitrogens with one attached hydrogen (secondary N) is 1. The molecule has 6 nitrogen and oxygen atoms in total. The Morgan fingerprint density at radius 1 is 1.33 bits per heavy atom. The summed E-state index contributed by atoms with van der Waals surface area (Å²) in [5, 5.41) is 14.7. The Labute approximate surface area is 142 Å². The van der Waals surface area contributed by atoms with Crippen LogP contribution in [0.25, 0.3) is 0 Å². The Kier molecular flexibility index (Phi) is 5.14. The van der Waals surface area contributed by atoms with Gasteiger partial charge in [-0.3, -0.25) is 14.9 Å². The molecule has 1 amide bonds. The number of hydrogen-bond donors (Lipinski definition) is 1. The topological polar surface area (TPSA) is 75.5 Å². The SMILES string of the molecule is CC(=O)N1CCC(CN[C@H]2CCCc3ccc([N+](=O)[O-])cc32)CC1. The lowest BCUT2D eigenvalue weighted by molar-refractivity contribution is -0.385. The van der Waals surface area contributed by atoms with Crippen LogP contribution in [0.15, 0.2) is 18.2 Å². The van der Waals surface area contributed by atoms with Crippen LogP contribution < -0.4 is 5.32 Å². The van der Waals surface area contributed by atoms with Crippen molar-refractivity contribution in [2.45, 2.75) is 45.1 Å². The number of aryl methyl sites for hydroxylation is 1. The number of non-ortho nitro benzene ring substituents is 1. The van der Waals surface area contributed by atoms with Crippen LogP contribution in [0, 0.1) is 16.0 Å². The summed E-state index contributed by atoms with van der Waals surface area (Å²) >= 11 is 0. The van der Waals surface area contributed by atoms with Gasteiger partial charge in [-0.25, -0.2) is 0 Å². The third-order valence-electron chi connectivity index (χ3n) is 5.37. The van der Waals surface area contributed by atoms with Crippen LogP contribution in [-0.2, 0) is 11.2 Å². The smallest absolute Gasteiger partial charge is 0.269 e. The Morgan fingerprint density at radius 3 is 2.75 bits per heavy atom. The molecule has 6 heteroatoms. The quantitative estimate of drug-likeness (QED) is 0.680. The van der Waals surface area contributed by atoms with Crippen molar-refractivity contribution in [3.63, 3.8) is 0 Å². The highest BCUT2D eigenvalue weighted by Crippen LogP contribution is 2.32. The third-order valence-corrected chi connectivity index (χ3v) is 5.37. The molecule has 0 spiro atoms. The molecular formula is C18H25N3O3. The molecule has 0 unspecified atom stereocenters. The van der Waals surface area contributed by atoms with Crippen LogP contribution in [0.5, 0.6) is 0 Å². The summed E-state index contributed by atoms with van der Waals surface area (Å²) in [4.78, 5) is 24.0. The van der Waals surface area contributed by atoms with E-state index in [0.29, 0.717) is 5.92 Å². The Bertz CT molecular complexity index is 624. The summed E-state index contributed by atoms with van der Waals surface area (Å²) in [5.41, 5.74) is 2.50. The van der Waals surface area contributed by atoms with Gasteiger partial charge in [-0.1, -0.05) is 6.07 Å². The number of carbonyl (C=O) groups excluding carboxylic acids is 1. The van der Waals surface area contributed by atoms with Gasteiger partial charge in [-0.15, -0.1) is 0 Å². The van der Waals surface area contributed by atoms with Gasteiger partial charge in [-0.05, 0) is 55.7 Å². The Morgan fingerprint density at radius 2 is 2.08 bits per heavy atom. The number of rotatable bonds is 4. The fourth-order valence-corrected chi connectivity index (χ4v) is 3.87. The minimum Gasteiger partial charge on any atom is -0.343 e. The van der Waals surface area contributed by atoms with Crippen molar-refractivity contribution in [3.8, 4) is 0 Å². The summed E-state index contributed by atoms with van der Waals surface area (Å²) < 4.78 is 0. The maximum atomic E-state index is 11.4. The van der Waals surface area contributed by atoms with Crippen molar-refractivity contribution >= 4 is 11.6 Å². The predicted molar refractivity (Wildman–Crippen MR) is 91.8 cm³/mol. The van der Waals surface area contributed by atoms with Gasteiger partial charge in [0.15, 0.2) is 0 Å². The van der Waals surface area contributed by atoms with E-state index in [-0.39, 0.29) is 22.6 Å². The number of carbonyl (C=O) groups is 1. The van der Waals surface area contributed by atoms with Crippen molar-refractivity contribution < 1.29 is 9.72 Å². The monoisotopic (exact) mass is 331 g/mol. The van der Waals surface area contributed by atoms with Crippen LogP contribution in [0.3, 0.4) is 0 Å². The number of nitrogens with zero attached hydrogens (tertiary/aromatic N) is 2. The molecule has 1 aromatic carbocycles. The minimum absolute atomic E-state index is 0.162. The Balaban J connectivity index is 1.60. The number of amides is 1. The van der Waals surface area contributed by atoms with E-state index in [1.54, 1.807) is 19.1 Å². The van der Waals surface area contributed by atoms with Crippen molar-refractivity contribution in [2.24, 2.45) is 5.92 Å². The van der Waals surface area contributed by atoms with E-state index in [1.807, 2.05) is 11.0 Å². The lowest BCUT2D eigenvalue weighted by Crippen LogP contribution is -2.40. The Hall–Kier alpha value is -1.95. The molecule has 1 aromatic rings. The van der Waals surface area contributed by atoms with Gasteiger partial charge < -0.3 is 10.2 Å². The second-order valence-electron chi connectivity index (χ2n) is 6.94. The molecule has 0 bridgehead atoms. The van der Waals surface area contributed by atoms with E-state index in [0.717, 1.165) is 57.3 Å². The number of piperidine rings is 1. The highest BCUT2D eigenvalue weighted by molar-refractivity contribution is 5.73. The van der Waals surface area contributed by atoms with Crippen molar-refractivity contribution in [3.05, 3.63) is 39.4 Å². The van der Waals surface area contributed by atoms with Crippen molar-refractivity contribution in [1.82, 2.24) is 10.2 Å². The average molecular weight is 331 g/mol. The molecule has 1 heterocycles. The number of benzene rings is 1. The first kappa shape index (κ1) is 16.9. The first-order valence-electron chi connectivity index (χ1n) is 8.80. The molecule has 0 aromatic heterocycles. The molecule has 3 rings (SSSR count). The van der Waals surface area contributed by atoms with Crippen molar-refractivity contribution in [2.75, 3.05) is 19.6 Å². The highest BCUT2D eigenvalue weighted by Gasteiger charge is 2.25. The third kappa shape index (κ3) is 3.75. The number of likely N-dealkylation sites (tertiary alicyclic amines) is 1. The summed E-state index contributed by atoms with van der Waals surface area (Å²) in [6.07, 6.45) is 5.20. The largest absolute Gasteiger partial charge is 0.343 e. The van der Waals surface area contributed by atoms with E-state index in [4.69, 9.17) is 0 Å². The fraction of sp³-hybridized carbons (Fsp3) is 0.611. The number of nitro groups is 1. The molecule has 0 saturated carbocycles. The molecule has 1 fully saturated rings. The second kappa shape index (κ2) is 7.30. The zero-order chi connectivity index (χ0) is 17.1. The average Bonchev–Trinajstić information content (AvgIpc) is 2.59. The van der Waals surface area contributed by atoms with Gasteiger partial charge >= 0.3 is 0 Å². The molecular weight excluding hydrogens is 306 g/mol. The van der Waals surface area contributed by atoms with Gasteiger partial charge in [-0.2, -0.15) is 0 Å². The first-order valence-corrected chi connectivity index (χ1v) is 8.80. The molecule has 0 radical (unpaired) electrons. The minimum atomic E-state index is -0.316. The summed E-state index contributed by atoms with van der Waals surface area (Å²) in [5.74, 6) is 0.736. The number of nitro benzene ring substituents is 1. The molecule has 24 heavy (non-hydrogen) atoms. The van der Waals surface area contributed by atoms with Gasteiger partial charge in [0.05, 0.1) is 4.92 Å². The summed E-state index contributed by atoms with van der Waals surface area (Å²) in [7, 11) is 0. The molecule has 1 aliphatic heterocycles. The van der Waals surface area contributed by atoms with Crippen LogP contribution >= 0.6 is 0 Å². The molecule has 2 aliphatic rings. The lowest BCUT2D eigenvalue weighted by atomic mass is 9.86. The highest BCUT2D eigenvalue weighted by atomic mass is 16.6. The molecule has 1 N–H and O–H groups in total. The number of fused-ring (bicyclic) bond motifs is 1. The van der Waals surface area contributed by atoms with Gasteiger partial charge in [0.2, 0.25) is 5.91 Å².